The number of fused-ring (bicyclic) bond motifs is 2. The van der Waals surface area contributed by atoms with Gasteiger partial charge in [-0.1, -0.05) is 49.2 Å². The smallest absolute Gasteiger partial charge is 0.235 e. The highest BCUT2D eigenvalue weighted by atomic mass is 16.5. The molecule has 6 nitrogen and oxygen atoms in total. The van der Waals surface area contributed by atoms with Gasteiger partial charge in [-0.2, -0.15) is 0 Å². The molecule has 0 N–H and O–H groups in total. The molecule has 0 fully saturated rings. The minimum atomic E-state index is -0.716. The molecule has 0 spiro atoms. The Kier molecular flexibility index (Phi) is 4.21. The molecule has 1 aliphatic heterocycles. The summed E-state index contributed by atoms with van der Waals surface area (Å²) in [5, 5.41) is 8.53. The van der Waals surface area contributed by atoms with E-state index in [1.165, 1.54) is 0 Å². The number of rotatable bonds is 5. The number of unbranched alkanes of at least 4 members (excludes halogenated alkanes) is 2. The molecular formula is C21H23N3O3. The molecule has 1 aromatic carbocycles. The van der Waals surface area contributed by atoms with Gasteiger partial charge in [-0.05, 0) is 26.7 Å². The fraction of sp³-hybridized carbons (Fsp3) is 0.429. The van der Waals surface area contributed by atoms with Gasteiger partial charge >= 0.3 is 0 Å². The van der Waals surface area contributed by atoms with Crippen LogP contribution >= 0.6 is 0 Å². The molecule has 0 saturated heterocycles. The highest BCUT2D eigenvalue weighted by Crippen LogP contribution is 2.49. The van der Waals surface area contributed by atoms with Crippen molar-refractivity contribution >= 4 is 17.3 Å². The van der Waals surface area contributed by atoms with E-state index >= 15 is 0 Å². The second-order valence-electron chi connectivity index (χ2n) is 7.70. The molecule has 4 rings (SSSR count). The summed E-state index contributed by atoms with van der Waals surface area (Å²) in [5.41, 5.74) is 1.64. The fourth-order valence-corrected chi connectivity index (χ4v) is 3.96. The van der Waals surface area contributed by atoms with Crippen molar-refractivity contribution in [3.63, 3.8) is 0 Å². The normalized spacial score (nSPS) is 20.5. The van der Waals surface area contributed by atoms with Gasteiger partial charge in [0.15, 0.2) is 0 Å². The van der Waals surface area contributed by atoms with Gasteiger partial charge in [-0.3, -0.25) is 9.59 Å². The number of ether oxygens (including phenoxy) is 1. The first kappa shape index (κ1) is 17.6. The van der Waals surface area contributed by atoms with Crippen LogP contribution in [0.2, 0.25) is 0 Å². The zero-order chi connectivity index (χ0) is 19.2. The predicted molar refractivity (Wildman–Crippen MR) is 100 cm³/mol. The molecule has 1 aliphatic carbocycles. The minimum absolute atomic E-state index is 0.383. The van der Waals surface area contributed by atoms with Gasteiger partial charge in [-0.15, -0.1) is 5.10 Å². The van der Waals surface area contributed by atoms with E-state index < -0.39 is 23.2 Å². The molecule has 0 bridgehead atoms. The maximum absolute atomic E-state index is 12.9. The Morgan fingerprint density at radius 3 is 2.59 bits per heavy atom. The molecule has 1 unspecified atom stereocenters. The second-order valence-corrected chi connectivity index (χ2v) is 7.70. The van der Waals surface area contributed by atoms with Crippen molar-refractivity contribution in [3.05, 3.63) is 52.9 Å². The van der Waals surface area contributed by atoms with Gasteiger partial charge in [0, 0.05) is 17.3 Å². The van der Waals surface area contributed by atoms with Crippen molar-refractivity contribution in [2.45, 2.75) is 58.1 Å². The van der Waals surface area contributed by atoms with Crippen molar-refractivity contribution in [2.24, 2.45) is 0 Å². The third-order valence-electron chi connectivity index (χ3n) is 5.27. The molecule has 6 heteroatoms. The standard InChI is InChI=1S/C21H23N3O3/c1-4-5-6-9-13-12-24(23-22-13)20-16-18(26)17(25)14-10-7-8-11-15(14)19(16)27-21(20,2)3/h7-8,10-12,20H,4-6,9H2,1-3H3. The lowest BCUT2D eigenvalue weighted by molar-refractivity contribution is -0.112. The van der Waals surface area contributed by atoms with Crippen LogP contribution in [-0.2, 0) is 16.0 Å². The Bertz CT molecular complexity index is 955. The molecule has 2 heterocycles. The first-order valence-corrected chi connectivity index (χ1v) is 9.46. The molecule has 1 atom stereocenters. The number of carbonyl (C=O) groups is 2. The van der Waals surface area contributed by atoms with Gasteiger partial charge in [0.1, 0.15) is 17.4 Å². The SMILES string of the molecule is CCCCCc1cn(C2C3=C(OC2(C)C)c2ccccc2C(=O)C3=O)nn1. The second kappa shape index (κ2) is 6.44. The monoisotopic (exact) mass is 365 g/mol. The maximum atomic E-state index is 12.9. The summed E-state index contributed by atoms with van der Waals surface area (Å²) < 4.78 is 7.87. The number of Topliss-reactive ketones (excluding diaryl/α,β-unsaturated/α-hetero) is 2. The summed E-state index contributed by atoms with van der Waals surface area (Å²) in [4.78, 5) is 25.6. The number of aryl methyl sites for hydroxylation is 1. The molecule has 0 saturated carbocycles. The van der Waals surface area contributed by atoms with Crippen LogP contribution in [0.15, 0.2) is 36.0 Å². The van der Waals surface area contributed by atoms with Crippen molar-refractivity contribution in [1.82, 2.24) is 15.0 Å². The molecular weight excluding hydrogens is 342 g/mol. The first-order chi connectivity index (χ1) is 12.9. The van der Waals surface area contributed by atoms with E-state index in [0.29, 0.717) is 22.5 Å². The van der Waals surface area contributed by atoms with E-state index in [4.69, 9.17) is 4.74 Å². The Labute approximate surface area is 158 Å². The van der Waals surface area contributed by atoms with E-state index in [0.717, 1.165) is 31.4 Å². The van der Waals surface area contributed by atoms with Crippen molar-refractivity contribution in [2.75, 3.05) is 0 Å². The van der Waals surface area contributed by atoms with E-state index in [1.807, 2.05) is 32.2 Å². The Balaban J connectivity index is 1.76. The summed E-state index contributed by atoms with van der Waals surface area (Å²) in [6.07, 6.45) is 6.06. The first-order valence-electron chi connectivity index (χ1n) is 9.46. The number of hydrogen-bond donors (Lipinski definition) is 0. The van der Waals surface area contributed by atoms with Gasteiger partial charge < -0.3 is 4.74 Å². The van der Waals surface area contributed by atoms with Crippen molar-refractivity contribution < 1.29 is 14.3 Å². The average molecular weight is 365 g/mol. The summed E-state index contributed by atoms with van der Waals surface area (Å²) >= 11 is 0. The number of ketones is 2. The third kappa shape index (κ3) is 2.80. The number of carbonyl (C=O) groups excluding carboxylic acids is 2. The summed E-state index contributed by atoms with van der Waals surface area (Å²) in [6.45, 7) is 5.98. The fourth-order valence-electron chi connectivity index (χ4n) is 3.96. The zero-order valence-corrected chi connectivity index (χ0v) is 15.9. The molecule has 2 aromatic rings. The van der Waals surface area contributed by atoms with E-state index in [-0.39, 0.29) is 0 Å². The van der Waals surface area contributed by atoms with Crippen LogP contribution in [0.4, 0.5) is 0 Å². The van der Waals surface area contributed by atoms with E-state index in [9.17, 15) is 9.59 Å². The predicted octanol–water partition coefficient (Wildman–Crippen LogP) is 3.54. The molecule has 2 aliphatic rings. The average Bonchev–Trinajstić information content (AvgIpc) is 3.21. The Morgan fingerprint density at radius 2 is 1.85 bits per heavy atom. The maximum Gasteiger partial charge on any atom is 0.235 e. The molecule has 140 valence electrons. The lowest BCUT2D eigenvalue weighted by Gasteiger charge is -2.27. The van der Waals surface area contributed by atoms with Gasteiger partial charge in [-0.25, -0.2) is 4.68 Å². The van der Waals surface area contributed by atoms with Crippen LogP contribution in [0.25, 0.3) is 5.76 Å². The largest absolute Gasteiger partial charge is 0.484 e. The lowest BCUT2D eigenvalue weighted by atomic mass is 9.83. The summed E-state index contributed by atoms with van der Waals surface area (Å²) in [7, 11) is 0. The molecule has 27 heavy (non-hydrogen) atoms. The topological polar surface area (TPSA) is 74.1 Å². The van der Waals surface area contributed by atoms with Crippen molar-refractivity contribution in [3.8, 4) is 0 Å². The van der Waals surface area contributed by atoms with Crippen LogP contribution < -0.4 is 0 Å². The Morgan fingerprint density at radius 1 is 1.11 bits per heavy atom. The van der Waals surface area contributed by atoms with Gasteiger partial charge in [0.05, 0.1) is 11.3 Å². The minimum Gasteiger partial charge on any atom is -0.484 e. The van der Waals surface area contributed by atoms with E-state index in [1.54, 1.807) is 16.8 Å². The zero-order valence-electron chi connectivity index (χ0n) is 15.9. The van der Waals surface area contributed by atoms with Crippen LogP contribution in [0.1, 0.15) is 67.7 Å². The number of aromatic nitrogens is 3. The lowest BCUT2D eigenvalue weighted by Crippen LogP contribution is -2.35. The van der Waals surface area contributed by atoms with Crippen LogP contribution in [0, 0.1) is 0 Å². The molecule has 0 radical (unpaired) electrons. The molecule has 1 aromatic heterocycles. The van der Waals surface area contributed by atoms with Crippen LogP contribution in [0.3, 0.4) is 0 Å². The van der Waals surface area contributed by atoms with Crippen LogP contribution in [-0.4, -0.2) is 32.2 Å². The number of nitrogens with zero attached hydrogens (tertiary/aromatic N) is 3. The Hall–Kier alpha value is -2.76. The highest BCUT2D eigenvalue weighted by Gasteiger charge is 2.52. The van der Waals surface area contributed by atoms with E-state index in [2.05, 4.69) is 17.2 Å². The quantitative estimate of drug-likeness (QED) is 0.598. The third-order valence-corrected chi connectivity index (χ3v) is 5.27. The van der Waals surface area contributed by atoms with Crippen molar-refractivity contribution in [1.29, 1.82) is 0 Å². The summed E-state index contributed by atoms with van der Waals surface area (Å²) in [6, 6.07) is 6.62. The molecule has 0 amide bonds. The number of hydrogen-bond acceptors (Lipinski definition) is 5. The van der Waals surface area contributed by atoms with Gasteiger partial charge in [0.25, 0.3) is 0 Å². The summed E-state index contributed by atoms with van der Waals surface area (Å²) in [5.74, 6) is -0.505. The highest BCUT2D eigenvalue weighted by molar-refractivity contribution is 6.52. The number of benzene rings is 1. The van der Waals surface area contributed by atoms with Crippen LogP contribution in [0.5, 0.6) is 0 Å². The van der Waals surface area contributed by atoms with Gasteiger partial charge in [0.2, 0.25) is 11.6 Å².